The molecule has 0 aliphatic carbocycles. The summed E-state index contributed by atoms with van der Waals surface area (Å²) >= 11 is 0. The first-order valence-electron chi connectivity index (χ1n) is 10.5. The Labute approximate surface area is 187 Å². The van der Waals surface area contributed by atoms with Gasteiger partial charge in [-0.3, -0.25) is 14.8 Å². The number of aromatic hydroxyl groups is 1. The normalized spacial score (nSPS) is 14.6. The number of hydrogen-bond donors (Lipinski definition) is 2. The van der Waals surface area contributed by atoms with Crippen LogP contribution < -0.4 is 10.5 Å². The van der Waals surface area contributed by atoms with Crippen molar-refractivity contribution in [3.8, 4) is 17.7 Å². The van der Waals surface area contributed by atoms with Crippen molar-refractivity contribution >= 4 is 28.4 Å². The van der Waals surface area contributed by atoms with Crippen LogP contribution in [-0.4, -0.2) is 68.1 Å². The maximum absolute atomic E-state index is 12.3. The van der Waals surface area contributed by atoms with Crippen LogP contribution in [0.25, 0.3) is 10.8 Å². The van der Waals surface area contributed by atoms with Gasteiger partial charge in [-0.05, 0) is 49.5 Å². The van der Waals surface area contributed by atoms with E-state index in [2.05, 4.69) is 50.8 Å². The first-order valence-corrected chi connectivity index (χ1v) is 10.5. The highest BCUT2D eigenvalue weighted by Gasteiger charge is 2.14. The van der Waals surface area contributed by atoms with Gasteiger partial charge in [0.1, 0.15) is 6.61 Å². The molecule has 7 heteroatoms. The fourth-order valence-electron chi connectivity index (χ4n) is 3.71. The lowest BCUT2D eigenvalue weighted by Gasteiger charge is -2.34. The standard InChI is InChI=1S/C25H26N4O3/c1-28-11-13-29(14-12-28)20-8-6-19(7-9-20)26-17-23-22-16-18(4-3-15-32-2)5-10-21(22)24(30)27-25(23)31/h5-10,16-17H,11-15H2,1-2H3,(H2,27,30,31). The van der Waals surface area contributed by atoms with Gasteiger partial charge in [0.25, 0.3) is 5.56 Å². The maximum atomic E-state index is 12.3. The van der Waals surface area contributed by atoms with Crippen LogP contribution in [0.1, 0.15) is 11.1 Å². The lowest BCUT2D eigenvalue weighted by molar-refractivity contribution is 0.240. The average molecular weight is 431 g/mol. The van der Waals surface area contributed by atoms with Crippen LogP contribution in [0.5, 0.6) is 5.88 Å². The van der Waals surface area contributed by atoms with Gasteiger partial charge in [-0.25, -0.2) is 0 Å². The predicted octanol–water partition coefficient (Wildman–Crippen LogP) is 2.73. The van der Waals surface area contributed by atoms with Gasteiger partial charge in [-0.15, -0.1) is 0 Å². The van der Waals surface area contributed by atoms with Gasteiger partial charge in [0.05, 0.1) is 11.3 Å². The number of aliphatic imine (C=N–C) groups is 1. The number of benzene rings is 2. The van der Waals surface area contributed by atoms with Crippen molar-refractivity contribution in [1.82, 2.24) is 9.88 Å². The predicted molar refractivity (Wildman–Crippen MR) is 128 cm³/mol. The molecule has 0 bridgehead atoms. The van der Waals surface area contributed by atoms with Crippen molar-refractivity contribution in [3.63, 3.8) is 0 Å². The van der Waals surface area contributed by atoms with E-state index in [1.165, 1.54) is 5.69 Å². The SMILES string of the molecule is COCC#Cc1ccc2c(=O)[nH]c(O)c(C=Nc3ccc(N4CCN(C)CC4)cc3)c2c1. The summed E-state index contributed by atoms with van der Waals surface area (Å²) in [5.41, 5.74) is 2.75. The summed E-state index contributed by atoms with van der Waals surface area (Å²) in [6.45, 7) is 4.43. The Hall–Kier alpha value is -3.60. The first-order chi connectivity index (χ1) is 15.5. The quantitative estimate of drug-likeness (QED) is 0.491. The number of rotatable bonds is 4. The molecule has 0 atom stereocenters. The molecule has 2 N–H and O–H groups in total. The molecule has 1 fully saturated rings. The third-order valence-electron chi connectivity index (χ3n) is 5.55. The molecule has 2 heterocycles. The highest BCUT2D eigenvalue weighted by molar-refractivity contribution is 6.02. The molecule has 1 aromatic heterocycles. The zero-order chi connectivity index (χ0) is 22.5. The number of H-pyrrole nitrogens is 1. The van der Waals surface area contributed by atoms with E-state index in [9.17, 15) is 9.90 Å². The molecule has 0 unspecified atom stereocenters. The third kappa shape index (κ3) is 4.83. The molecule has 0 saturated carbocycles. The van der Waals surface area contributed by atoms with Crippen molar-refractivity contribution in [2.24, 2.45) is 4.99 Å². The molecule has 1 aliphatic heterocycles. The summed E-state index contributed by atoms with van der Waals surface area (Å²) in [5.74, 6) is 5.67. The Morgan fingerprint density at radius 1 is 1.12 bits per heavy atom. The zero-order valence-corrected chi connectivity index (χ0v) is 18.3. The van der Waals surface area contributed by atoms with Crippen molar-refractivity contribution in [1.29, 1.82) is 0 Å². The van der Waals surface area contributed by atoms with E-state index < -0.39 is 0 Å². The number of nitrogens with one attached hydrogen (secondary N) is 1. The molecule has 0 spiro atoms. The number of piperazine rings is 1. The van der Waals surface area contributed by atoms with Gasteiger partial charge in [0.2, 0.25) is 5.88 Å². The maximum Gasteiger partial charge on any atom is 0.258 e. The van der Waals surface area contributed by atoms with Crippen LogP contribution in [-0.2, 0) is 4.74 Å². The van der Waals surface area contributed by atoms with Crippen LogP contribution in [0, 0.1) is 11.8 Å². The van der Waals surface area contributed by atoms with Gasteiger partial charge in [-0.2, -0.15) is 0 Å². The minimum absolute atomic E-state index is 0.220. The van der Waals surface area contributed by atoms with Crippen LogP contribution in [0.4, 0.5) is 11.4 Å². The molecule has 1 aliphatic rings. The minimum atomic E-state index is -0.359. The zero-order valence-electron chi connectivity index (χ0n) is 18.3. The molecule has 7 nitrogen and oxygen atoms in total. The summed E-state index contributed by atoms with van der Waals surface area (Å²) in [7, 11) is 3.72. The number of hydrogen-bond acceptors (Lipinski definition) is 6. The number of anilines is 1. The monoisotopic (exact) mass is 430 g/mol. The molecule has 2 aromatic carbocycles. The highest BCUT2D eigenvalue weighted by Crippen LogP contribution is 2.24. The molecule has 0 amide bonds. The molecule has 4 rings (SSSR count). The van der Waals surface area contributed by atoms with E-state index in [-0.39, 0.29) is 11.4 Å². The number of pyridine rings is 1. The van der Waals surface area contributed by atoms with E-state index in [1.807, 2.05) is 12.1 Å². The molecule has 3 aromatic rings. The van der Waals surface area contributed by atoms with Gasteiger partial charge in [0, 0.05) is 61.5 Å². The number of fused-ring (bicyclic) bond motifs is 1. The Morgan fingerprint density at radius 3 is 2.59 bits per heavy atom. The summed E-state index contributed by atoms with van der Waals surface area (Å²) in [6.07, 6.45) is 1.57. The number of aromatic amines is 1. The largest absolute Gasteiger partial charge is 0.494 e. The van der Waals surface area contributed by atoms with Crippen molar-refractivity contribution in [2.75, 3.05) is 51.8 Å². The van der Waals surface area contributed by atoms with Crippen LogP contribution in [0.15, 0.2) is 52.3 Å². The van der Waals surface area contributed by atoms with Crippen molar-refractivity contribution in [2.45, 2.75) is 0 Å². The molecule has 164 valence electrons. The lowest BCUT2D eigenvalue weighted by atomic mass is 10.0. The Bertz CT molecular complexity index is 1240. The van der Waals surface area contributed by atoms with E-state index in [4.69, 9.17) is 4.74 Å². The van der Waals surface area contributed by atoms with E-state index >= 15 is 0 Å². The number of aromatic nitrogens is 1. The summed E-state index contributed by atoms with van der Waals surface area (Å²) in [4.78, 5) is 24.0. The Kier molecular flexibility index (Phi) is 6.55. The first kappa shape index (κ1) is 21.6. The van der Waals surface area contributed by atoms with Gasteiger partial charge >= 0.3 is 0 Å². The lowest BCUT2D eigenvalue weighted by Crippen LogP contribution is -2.44. The smallest absolute Gasteiger partial charge is 0.258 e. The van der Waals surface area contributed by atoms with Crippen LogP contribution in [0.2, 0.25) is 0 Å². The second kappa shape index (κ2) is 9.69. The highest BCUT2D eigenvalue weighted by atomic mass is 16.5. The fourth-order valence-corrected chi connectivity index (χ4v) is 3.71. The van der Waals surface area contributed by atoms with Crippen molar-refractivity contribution < 1.29 is 9.84 Å². The van der Waals surface area contributed by atoms with Crippen molar-refractivity contribution in [3.05, 3.63) is 63.9 Å². The van der Waals surface area contributed by atoms with Crippen LogP contribution >= 0.6 is 0 Å². The molecule has 0 radical (unpaired) electrons. The fraction of sp³-hybridized carbons (Fsp3) is 0.280. The van der Waals surface area contributed by atoms with Gasteiger partial charge in [-0.1, -0.05) is 11.8 Å². The minimum Gasteiger partial charge on any atom is -0.494 e. The topological polar surface area (TPSA) is 81.2 Å². The number of ether oxygens (including phenoxy) is 1. The second-order valence-electron chi connectivity index (χ2n) is 7.78. The molecule has 32 heavy (non-hydrogen) atoms. The van der Waals surface area contributed by atoms with E-state index in [0.717, 1.165) is 37.4 Å². The molecular formula is C25H26N4O3. The van der Waals surface area contributed by atoms with Gasteiger partial charge in [0.15, 0.2) is 0 Å². The second-order valence-corrected chi connectivity index (χ2v) is 7.78. The number of likely N-dealkylation sites (N-methyl/N-ethyl adjacent to an activating group) is 1. The summed E-state index contributed by atoms with van der Waals surface area (Å²) in [6, 6.07) is 13.3. The number of methoxy groups -OCH3 is 1. The van der Waals surface area contributed by atoms with E-state index in [1.54, 1.807) is 31.5 Å². The Balaban J connectivity index is 1.62. The molecule has 1 saturated heterocycles. The third-order valence-corrected chi connectivity index (χ3v) is 5.55. The summed E-state index contributed by atoms with van der Waals surface area (Å²) < 4.78 is 4.96. The Morgan fingerprint density at radius 2 is 1.88 bits per heavy atom. The average Bonchev–Trinajstić information content (AvgIpc) is 2.80. The summed E-state index contributed by atoms with van der Waals surface area (Å²) in [5, 5.41) is 11.5. The number of nitrogens with zero attached hydrogens (tertiary/aromatic N) is 3. The van der Waals surface area contributed by atoms with Crippen LogP contribution in [0.3, 0.4) is 0 Å². The van der Waals surface area contributed by atoms with Gasteiger partial charge < -0.3 is 19.6 Å². The van der Waals surface area contributed by atoms with E-state index in [0.29, 0.717) is 22.9 Å². The molecular weight excluding hydrogens is 404 g/mol.